The average Bonchev–Trinajstić information content (AvgIpc) is 3.26. The Morgan fingerprint density at radius 2 is 1.79 bits per heavy atom. The Morgan fingerprint density at radius 3 is 2.52 bits per heavy atom. The SMILES string of the molecule is COC(=O)c1ccc2c(-c3ccccc3)c3n(c2c1)C(O)c1cc(OC)ccc1-3. The molecule has 0 radical (unpaired) electrons. The summed E-state index contributed by atoms with van der Waals surface area (Å²) in [7, 11) is 2.97. The van der Waals surface area contributed by atoms with Crippen LogP contribution in [0.1, 0.15) is 22.1 Å². The number of aromatic nitrogens is 1. The van der Waals surface area contributed by atoms with Crippen LogP contribution < -0.4 is 4.74 Å². The first kappa shape index (κ1) is 17.5. The first-order valence-electron chi connectivity index (χ1n) is 9.32. The Bertz CT molecular complexity index is 1260. The molecule has 1 atom stereocenters. The zero-order valence-electron chi connectivity index (χ0n) is 16.0. The van der Waals surface area contributed by atoms with Crippen molar-refractivity contribution in [1.29, 1.82) is 0 Å². The number of aliphatic hydroxyl groups is 1. The highest BCUT2D eigenvalue weighted by molar-refractivity contribution is 6.08. The van der Waals surface area contributed by atoms with E-state index in [9.17, 15) is 9.90 Å². The zero-order valence-corrected chi connectivity index (χ0v) is 16.0. The number of hydrogen-bond donors (Lipinski definition) is 1. The molecule has 1 aliphatic heterocycles. The quantitative estimate of drug-likeness (QED) is 0.523. The van der Waals surface area contributed by atoms with Gasteiger partial charge in [-0.2, -0.15) is 0 Å². The van der Waals surface area contributed by atoms with Crippen molar-refractivity contribution in [1.82, 2.24) is 4.57 Å². The Balaban J connectivity index is 1.88. The maximum absolute atomic E-state index is 12.1. The lowest BCUT2D eigenvalue weighted by atomic mass is 9.96. The molecule has 0 spiro atoms. The Hall–Kier alpha value is -3.57. The van der Waals surface area contributed by atoms with Gasteiger partial charge in [-0.3, -0.25) is 0 Å². The van der Waals surface area contributed by atoms with Crippen molar-refractivity contribution in [2.24, 2.45) is 0 Å². The molecule has 5 rings (SSSR count). The minimum absolute atomic E-state index is 0.407. The van der Waals surface area contributed by atoms with Gasteiger partial charge in [-0.1, -0.05) is 36.4 Å². The maximum atomic E-state index is 12.1. The van der Waals surface area contributed by atoms with E-state index in [1.165, 1.54) is 7.11 Å². The smallest absolute Gasteiger partial charge is 0.337 e. The van der Waals surface area contributed by atoms with Crippen LogP contribution in [0.15, 0.2) is 66.7 Å². The number of carbonyl (C=O) groups excluding carboxylic acids is 1. The highest BCUT2D eigenvalue weighted by atomic mass is 16.5. The molecule has 0 aliphatic carbocycles. The van der Waals surface area contributed by atoms with Gasteiger partial charge in [-0.05, 0) is 35.9 Å². The molecular weight excluding hydrogens is 366 g/mol. The lowest BCUT2D eigenvalue weighted by Gasteiger charge is -2.11. The Kier molecular flexibility index (Phi) is 3.93. The number of methoxy groups -OCH3 is 2. The molecule has 2 heterocycles. The van der Waals surface area contributed by atoms with E-state index >= 15 is 0 Å². The molecule has 4 aromatic rings. The van der Waals surface area contributed by atoms with Crippen LogP contribution in [0.3, 0.4) is 0 Å². The number of rotatable bonds is 3. The summed E-state index contributed by atoms with van der Waals surface area (Å²) in [6.45, 7) is 0. The number of nitrogens with zero attached hydrogens (tertiary/aromatic N) is 1. The van der Waals surface area contributed by atoms with E-state index in [1.54, 1.807) is 19.2 Å². The number of ether oxygens (including phenoxy) is 2. The van der Waals surface area contributed by atoms with Crippen LogP contribution >= 0.6 is 0 Å². The fraction of sp³-hybridized carbons (Fsp3) is 0.125. The molecular formula is C24H19NO4. The molecule has 1 N–H and O–H groups in total. The van der Waals surface area contributed by atoms with Crippen molar-refractivity contribution in [2.45, 2.75) is 6.23 Å². The van der Waals surface area contributed by atoms with Crippen molar-refractivity contribution in [3.8, 4) is 28.1 Å². The molecule has 5 heteroatoms. The van der Waals surface area contributed by atoms with Gasteiger partial charge in [0.1, 0.15) is 5.75 Å². The van der Waals surface area contributed by atoms with Gasteiger partial charge in [0, 0.05) is 22.1 Å². The van der Waals surface area contributed by atoms with Crippen molar-refractivity contribution >= 4 is 16.9 Å². The molecule has 1 aromatic heterocycles. The lowest BCUT2D eigenvalue weighted by Crippen LogP contribution is -2.05. The van der Waals surface area contributed by atoms with Crippen molar-refractivity contribution in [3.63, 3.8) is 0 Å². The number of benzene rings is 3. The van der Waals surface area contributed by atoms with Gasteiger partial charge >= 0.3 is 5.97 Å². The minimum atomic E-state index is -0.872. The fourth-order valence-electron chi connectivity index (χ4n) is 4.21. The molecule has 3 aromatic carbocycles. The van der Waals surface area contributed by atoms with E-state index in [2.05, 4.69) is 12.1 Å². The van der Waals surface area contributed by atoms with E-state index in [0.717, 1.165) is 38.9 Å². The van der Waals surface area contributed by atoms with E-state index in [4.69, 9.17) is 9.47 Å². The number of carbonyl (C=O) groups is 1. The predicted octanol–water partition coefficient (Wildman–Crippen LogP) is 4.62. The van der Waals surface area contributed by atoms with E-state index in [-0.39, 0.29) is 0 Å². The van der Waals surface area contributed by atoms with Gasteiger partial charge in [-0.15, -0.1) is 0 Å². The van der Waals surface area contributed by atoms with Gasteiger partial charge in [0.2, 0.25) is 0 Å². The number of aliphatic hydroxyl groups excluding tert-OH is 1. The summed E-state index contributed by atoms with van der Waals surface area (Å²) in [5, 5.41) is 12.2. The van der Waals surface area contributed by atoms with Gasteiger partial charge in [0.05, 0.1) is 31.0 Å². The van der Waals surface area contributed by atoms with Crippen LogP contribution in [0.4, 0.5) is 0 Å². The normalized spacial score (nSPS) is 14.5. The molecule has 0 saturated carbocycles. The molecule has 1 aliphatic rings. The standard InChI is InChI=1S/C24H19NO4/c1-28-16-9-11-17-19(13-16)23(26)25-20-12-15(24(27)29-2)8-10-18(20)21(22(17)25)14-6-4-3-5-7-14/h3-13,23,26H,1-2H3. The van der Waals surface area contributed by atoms with Crippen LogP contribution in [0.5, 0.6) is 5.75 Å². The third kappa shape index (κ3) is 2.48. The van der Waals surface area contributed by atoms with Crippen LogP contribution in [-0.4, -0.2) is 29.9 Å². The monoisotopic (exact) mass is 385 g/mol. The molecule has 0 bridgehead atoms. The number of esters is 1. The second-order valence-corrected chi connectivity index (χ2v) is 7.01. The topological polar surface area (TPSA) is 60.7 Å². The Labute approximate surface area is 167 Å². The van der Waals surface area contributed by atoms with Crippen LogP contribution in [-0.2, 0) is 4.74 Å². The Morgan fingerprint density at radius 1 is 1.00 bits per heavy atom. The van der Waals surface area contributed by atoms with Gasteiger partial charge in [-0.25, -0.2) is 4.79 Å². The highest BCUT2D eigenvalue weighted by Crippen LogP contribution is 2.50. The van der Waals surface area contributed by atoms with Gasteiger partial charge in [0.25, 0.3) is 0 Å². The second-order valence-electron chi connectivity index (χ2n) is 7.01. The average molecular weight is 385 g/mol. The second kappa shape index (κ2) is 6.50. The highest BCUT2D eigenvalue weighted by Gasteiger charge is 2.33. The van der Waals surface area contributed by atoms with Crippen LogP contribution in [0, 0.1) is 0 Å². The summed E-state index contributed by atoms with van der Waals surface area (Å²) in [5.41, 5.74) is 5.96. The van der Waals surface area contributed by atoms with Crippen molar-refractivity contribution in [2.75, 3.05) is 14.2 Å². The number of fused-ring (bicyclic) bond motifs is 5. The van der Waals surface area contributed by atoms with Crippen LogP contribution in [0.2, 0.25) is 0 Å². The fourth-order valence-corrected chi connectivity index (χ4v) is 4.21. The molecule has 0 amide bonds. The lowest BCUT2D eigenvalue weighted by molar-refractivity contribution is 0.0600. The summed E-state index contributed by atoms with van der Waals surface area (Å²) >= 11 is 0. The number of hydrogen-bond acceptors (Lipinski definition) is 4. The van der Waals surface area contributed by atoms with E-state index in [0.29, 0.717) is 11.3 Å². The van der Waals surface area contributed by atoms with Crippen molar-refractivity contribution in [3.05, 3.63) is 77.9 Å². The predicted molar refractivity (Wildman–Crippen MR) is 111 cm³/mol. The van der Waals surface area contributed by atoms with Crippen LogP contribution in [0.25, 0.3) is 33.3 Å². The molecule has 1 unspecified atom stereocenters. The third-order valence-electron chi connectivity index (χ3n) is 5.52. The molecule has 5 nitrogen and oxygen atoms in total. The molecule has 29 heavy (non-hydrogen) atoms. The minimum Gasteiger partial charge on any atom is -0.497 e. The van der Waals surface area contributed by atoms with Gasteiger partial charge in [0.15, 0.2) is 6.23 Å². The summed E-state index contributed by atoms with van der Waals surface area (Å²) in [6.07, 6.45) is -0.872. The molecule has 0 fully saturated rings. The summed E-state index contributed by atoms with van der Waals surface area (Å²) in [4.78, 5) is 12.1. The van der Waals surface area contributed by atoms with Gasteiger partial charge < -0.3 is 19.1 Å². The maximum Gasteiger partial charge on any atom is 0.337 e. The van der Waals surface area contributed by atoms with E-state index < -0.39 is 12.2 Å². The zero-order chi connectivity index (χ0) is 20.1. The largest absolute Gasteiger partial charge is 0.497 e. The molecule has 144 valence electrons. The third-order valence-corrected chi connectivity index (χ3v) is 5.52. The first-order chi connectivity index (χ1) is 14.1. The first-order valence-corrected chi connectivity index (χ1v) is 9.32. The summed E-state index contributed by atoms with van der Waals surface area (Å²) in [5.74, 6) is 0.282. The molecule has 0 saturated heterocycles. The summed E-state index contributed by atoms with van der Waals surface area (Å²) in [6, 6.07) is 21.3. The summed E-state index contributed by atoms with van der Waals surface area (Å²) < 4.78 is 12.1. The van der Waals surface area contributed by atoms with Crippen molar-refractivity contribution < 1.29 is 19.4 Å². The van der Waals surface area contributed by atoms with E-state index in [1.807, 2.05) is 47.0 Å².